The number of hydrogen-bond acceptors (Lipinski definition) is 6. The fourth-order valence-corrected chi connectivity index (χ4v) is 6.38. The lowest BCUT2D eigenvalue weighted by atomic mass is 10.1. The van der Waals surface area contributed by atoms with E-state index in [0.717, 1.165) is 47.7 Å². The maximum Gasteiger partial charge on any atom is 0.294 e. The van der Waals surface area contributed by atoms with Crippen LogP contribution in [0.3, 0.4) is 0 Å². The van der Waals surface area contributed by atoms with Crippen molar-refractivity contribution in [2.45, 2.75) is 27.4 Å². The molecule has 0 saturated carbocycles. The Morgan fingerprint density at radius 2 is 1.69 bits per heavy atom. The standard InChI is InChI=1S/C33H29IN2O5S/c1-4-40-27-16-22(15-26(34)31(27)41-19-24-13-8-12-23-11-5-6-14-25(23)24)17-28-32(38)36(33(39)42-28)18-29(37)35-30-20(2)9-7-10-21(30)3/h5-17H,4,18-19H2,1-3H3,(H,35,37)/b28-17+. The number of amides is 3. The number of anilines is 1. The number of carbonyl (C=O) groups is 3. The van der Waals surface area contributed by atoms with Crippen molar-refractivity contribution in [2.75, 3.05) is 18.5 Å². The molecule has 0 bridgehead atoms. The zero-order chi connectivity index (χ0) is 29.8. The molecule has 7 nitrogen and oxygen atoms in total. The van der Waals surface area contributed by atoms with Gasteiger partial charge in [-0.15, -0.1) is 0 Å². The zero-order valence-electron chi connectivity index (χ0n) is 23.4. The predicted molar refractivity (Wildman–Crippen MR) is 176 cm³/mol. The summed E-state index contributed by atoms with van der Waals surface area (Å²) in [6.45, 7) is 6.10. The van der Waals surface area contributed by atoms with Crippen LogP contribution in [0.2, 0.25) is 0 Å². The van der Waals surface area contributed by atoms with E-state index in [4.69, 9.17) is 9.47 Å². The summed E-state index contributed by atoms with van der Waals surface area (Å²) in [6.07, 6.45) is 1.65. The maximum atomic E-state index is 13.1. The molecule has 42 heavy (non-hydrogen) atoms. The first-order chi connectivity index (χ1) is 20.2. The molecule has 3 amide bonds. The molecule has 4 aromatic rings. The lowest BCUT2D eigenvalue weighted by Crippen LogP contribution is -2.36. The Bertz CT molecular complexity index is 1710. The van der Waals surface area contributed by atoms with Crippen LogP contribution in [0, 0.1) is 17.4 Å². The van der Waals surface area contributed by atoms with Crippen molar-refractivity contribution in [3.8, 4) is 11.5 Å². The lowest BCUT2D eigenvalue weighted by molar-refractivity contribution is -0.127. The van der Waals surface area contributed by atoms with Crippen LogP contribution in [0.5, 0.6) is 11.5 Å². The molecular formula is C33H29IN2O5S. The minimum absolute atomic E-state index is 0.238. The normalized spacial score (nSPS) is 14.1. The molecule has 1 aliphatic heterocycles. The highest BCUT2D eigenvalue weighted by molar-refractivity contribution is 14.1. The molecule has 0 unspecified atom stereocenters. The van der Waals surface area contributed by atoms with Crippen LogP contribution in [0.25, 0.3) is 16.8 Å². The van der Waals surface area contributed by atoms with Gasteiger partial charge < -0.3 is 14.8 Å². The molecule has 9 heteroatoms. The molecule has 0 aliphatic carbocycles. The summed E-state index contributed by atoms with van der Waals surface area (Å²) in [4.78, 5) is 39.8. The first-order valence-electron chi connectivity index (χ1n) is 13.4. The Balaban J connectivity index is 1.33. The molecule has 0 aromatic heterocycles. The van der Waals surface area contributed by atoms with Gasteiger partial charge in [0, 0.05) is 5.69 Å². The van der Waals surface area contributed by atoms with E-state index >= 15 is 0 Å². The van der Waals surface area contributed by atoms with Gasteiger partial charge in [0.05, 0.1) is 15.1 Å². The smallest absolute Gasteiger partial charge is 0.294 e. The van der Waals surface area contributed by atoms with Crippen molar-refractivity contribution >= 4 is 73.9 Å². The Kier molecular flexibility index (Phi) is 9.18. The van der Waals surface area contributed by atoms with E-state index in [2.05, 4.69) is 46.1 Å². The van der Waals surface area contributed by atoms with Crippen LogP contribution in [0.1, 0.15) is 29.2 Å². The van der Waals surface area contributed by atoms with Gasteiger partial charge in [0.1, 0.15) is 13.2 Å². The lowest BCUT2D eigenvalue weighted by Gasteiger charge is -2.16. The molecule has 1 saturated heterocycles. The van der Waals surface area contributed by atoms with Gasteiger partial charge in [-0.1, -0.05) is 60.7 Å². The highest BCUT2D eigenvalue weighted by Gasteiger charge is 2.36. The number of aryl methyl sites for hydroxylation is 2. The maximum absolute atomic E-state index is 13.1. The van der Waals surface area contributed by atoms with Crippen LogP contribution in [0.15, 0.2) is 77.7 Å². The van der Waals surface area contributed by atoms with Crippen molar-refractivity contribution < 1.29 is 23.9 Å². The number of carbonyl (C=O) groups excluding carboxylic acids is 3. The predicted octanol–water partition coefficient (Wildman–Crippen LogP) is 7.71. The fourth-order valence-electron chi connectivity index (χ4n) is 4.76. The van der Waals surface area contributed by atoms with E-state index in [1.165, 1.54) is 0 Å². The van der Waals surface area contributed by atoms with Crippen molar-refractivity contribution in [2.24, 2.45) is 0 Å². The number of hydrogen-bond donors (Lipinski definition) is 1. The molecular weight excluding hydrogens is 663 g/mol. The van der Waals surface area contributed by atoms with Crippen LogP contribution in [0.4, 0.5) is 10.5 Å². The molecule has 1 fully saturated rings. The Hall–Kier alpha value is -3.83. The number of imide groups is 1. The number of thioether (sulfide) groups is 1. The van der Waals surface area contributed by atoms with Crippen LogP contribution in [-0.2, 0) is 16.2 Å². The second-order valence-corrected chi connectivity index (χ2v) is 11.9. The molecule has 1 heterocycles. The van der Waals surface area contributed by atoms with Gasteiger partial charge in [0.2, 0.25) is 5.91 Å². The number of fused-ring (bicyclic) bond motifs is 1. The van der Waals surface area contributed by atoms with E-state index in [0.29, 0.717) is 36.0 Å². The van der Waals surface area contributed by atoms with Gasteiger partial charge >= 0.3 is 0 Å². The van der Waals surface area contributed by atoms with Crippen molar-refractivity contribution in [3.05, 3.63) is 104 Å². The average Bonchev–Trinajstić information content (AvgIpc) is 3.22. The van der Waals surface area contributed by atoms with E-state index < -0.39 is 17.1 Å². The third-order valence-electron chi connectivity index (χ3n) is 6.80. The summed E-state index contributed by atoms with van der Waals surface area (Å²) in [5, 5.41) is 4.62. The van der Waals surface area contributed by atoms with Gasteiger partial charge in [0.25, 0.3) is 11.1 Å². The minimum Gasteiger partial charge on any atom is -0.490 e. The van der Waals surface area contributed by atoms with Gasteiger partial charge in [-0.2, -0.15) is 0 Å². The second-order valence-electron chi connectivity index (χ2n) is 9.77. The number of nitrogens with zero attached hydrogens (tertiary/aromatic N) is 1. The first kappa shape index (κ1) is 29.7. The van der Waals surface area contributed by atoms with Crippen LogP contribution in [-0.4, -0.2) is 35.1 Å². The van der Waals surface area contributed by atoms with E-state index in [1.807, 2.05) is 69.3 Å². The molecule has 0 spiro atoms. The molecule has 5 rings (SSSR count). The number of nitrogens with one attached hydrogen (secondary N) is 1. The van der Waals surface area contributed by atoms with E-state index in [1.54, 1.807) is 12.1 Å². The van der Waals surface area contributed by atoms with Crippen LogP contribution >= 0.6 is 34.4 Å². The molecule has 4 aromatic carbocycles. The zero-order valence-corrected chi connectivity index (χ0v) is 26.4. The summed E-state index contributed by atoms with van der Waals surface area (Å²) < 4.78 is 13.0. The fraction of sp³-hybridized carbons (Fsp3) is 0.182. The van der Waals surface area contributed by atoms with Gasteiger partial charge in [-0.05, 0) is 106 Å². The summed E-state index contributed by atoms with van der Waals surface area (Å²) in [6, 6.07) is 23.7. The van der Waals surface area contributed by atoms with Crippen molar-refractivity contribution in [3.63, 3.8) is 0 Å². The Morgan fingerprint density at radius 1 is 0.976 bits per heavy atom. The van der Waals surface area contributed by atoms with Crippen molar-refractivity contribution in [1.29, 1.82) is 0 Å². The topological polar surface area (TPSA) is 84.9 Å². The highest BCUT2D eigenvalue weighted by atomic mass is 127. The van der Waals surface area contributed by atoms with Gasteiger partial charge in [-0.3, -0.25) is 19.3 Å². The molecule has 1 aliphatic rings. The minimum atomic E-state index is -0.508. The number of halogens is 1. The monoisotopic (exact) mass is 692 g/mol. The van der Waals surface area contributed by atoms with Crippen molar-refractivity contribution in [1.82, 2.24) is 4.90 Å². The summed E-state index contributed by atoms with van der Waals surface area (Å²) in [5.41, 5.74) is 4.24. The molecule has 1 N–H and O–H groups in total. The number of rotatable bonds is 9. The number of benzene rings is 4. The first-order valence-corrected chi connectivity index (χ1v) is 15.3. The van der Waals surface area contributed by atoms with E-state index in [-0.39, 0.29) is 11.4 Å². The quantitative estimate of drug-likeness (QED) is 0.143. The third-order valence-corrected chi connectivity index (χ3v) is 8.51. The second kappa shape index (κ2) is 13.0. The number of para-hydroxylation sites is 1. The SMILES string of the molecule is CCOc1cc(/C=C2/SC(=O)N(CC(=O)Nc3c(C)cccc3C)C2=O)cc(I)c1OCc1cccc2ccccc12. The van der Waals surface area contributed by atoms with Gasteiger partial charge in [-0.25, -0.2) is 0 Å². The van der Waals surface area contributed by atoms with E-state index in [9.17, 15) is 14.4 Å². The van der Waals surface area contributed by atoms with Gasteiger partial charge in [0.15, 0.2) is 11.5 Å². The van der Waals surface area contributed by atoms with Crippen LogP contribution < -0.4 is 14.8 Å². The highest BCUT2D eigenvalue weighted by Crippen LogP contribution is 2.38. The third kappa shape index (κ3) is 6.47. The largest absolute Gasteiger partial charge is 0.490 e. The molecule has 0 atom stereocenters. The Morgan fingerprint density at radius 3 is 2.45 bits per heavy atom. The molecule has 0 radical (unpaired) electrons. The Labute approximate surface area is 262 Å². The summed E-state index contributed by atoms with van der Waals surface area (Å²) in [5.74, 6) is 0.213. The summed E-state index contributed by atoms with van der Waals surface area (Å²) in [7, 11) is 0. The number of ether oxygens (including phenoxy) is 2. The molecule has 214 valence electrons. The average molecular weight is 693 g/mol. The summed E-state index contributed by atoms with van der Waals surface area (Å²) >= 11 is 3.00.